The van der Waals surface area contributed by atoms with Crippen LogP contribution in [0.2, 0.25) is 0 Å². The highest BCUT2D eigenvalue weighted by Gasteiger charge is 2.20. The van der Waals surface area contributed by atoms with Crippen molar-refractivity contribution in [3.8, 4) is 5.75 Å². The number of amides is 1. The van der Waals surface area contributed by atoms with Gasteiger partial charge in [0.15, 0.2) is 0 Å². The van der Waals surface area contributed by atoms with Crippen LogP contribution in [0.1, 0.15) is 26.3 Å². The van der Waals surface area contributed by atoms with E-state index >= 15 is 0 Å². The van der Waals surface area contributed by atoms with Crippen LogP contribution >= 0.6 is 0 Å². The molecule has 0 heterocycles. The number of non-ortho nitro benzene ring substituents is 1. The van der Waals surface area contributed by atoms with Gasteiger partial charge in [0.25, 0.3) is 11.6 Å². The predicted molar refractivity (Wildman–Crippen MR) is 98.1 cm³/mol. The van der Waals surface area contributed by atoms with Crippen LogP contribution < -0.4 is 4.74 Å². The first-order valence-corrected chi connectivity index (χ1v) is 8.15. The van der Waals surface area contributed by atoms with Gasteiger partial charge in [-0.1, -0.05) is 18.2 Å². The summed E-state index contributed by atoms with van der Waals surface area (Å²) in [5, 5.41) is 11.1. The average Bonchev–Trinajstić information content (AvgIpc) is 2.67. The normalized spacial score (nSPS) is 10.2. The van der Waals surface area contributed by atoms with Gasteiger partial charge < -0.3 is 14.4 Å². The number of benzene rings is 2. The van der Waals surface area contributed by atoms with Crippen molar-refractivity contribution >= 4 is 17.6 Å². The second kappa shape index (κ2) is 8.79. The molecular formula is C19H20N2O6. The fraction of sp³-hybridized carbons (Fsp3) is 0.263. The Balaban J connectivity index is 2.11. The van der Waals surface area contributed by atoms with Crippen molar-refractivity contribution in [2.45, 2.75) is 6.92 Å². The van der Waals surface area contributed by atoms with Crippen LogP contribution in [0, 0.1) is 17.0 Å². The highest BCUT2D eigenvalue weighted by Crippen LogP contribution is 2.20. The lowest BCUT2D eigenvalue weighted by Gasteiger charge is -2.18. The molecule has 0 aliphatic carbocycles. The van der Waals surface area contributed by atoms with Crippen molar-refractivity contribution in [3.05, 3.63) is 69.3 Å². The zero-order valence-electron chi connectivity index (χ0n) is 15.3. The second-order valence-electron chi connectivity index (χ2n) is 5.86. The highest BCUT2D eigenvalue weighted by atomic mass is 16.6. The fourth-order valence-electron chi connectivity index (χ4n) is 2.41. The van der Waals surface area contributed by atoms with Crippen molar-refractivity contribution in [3.63, 3.8) is 0 Å². The van der Waals surface area contributed by atoms with Crippen LogP contribution in [-0.2, 0) is 4.74 Å². The van der Waals surface area contributed by atoms with Gasteiger partial charge in [-0.05, 0) is 24.6 Å². The SMILES string of the molecule is COC(=O)c1cc(C(=O)N(C)CCOc2ccccc2C)cc([N+](=O)[O-])c1. The molecular weight excluding hydrogens is 352 g/mol. The van der Waals surface area contributed by atoms with E-state index in [0.717, 1.165) is 30.6 Å². The first-order chi connectivity index (χ1) is 12.8. The molecule has 0 aliphatic heterocycles. The van der Waals surface area contributed by atoms with E-state index < -0.39 is 16.8 Å². The van der Waals surface area contributed by atoms with Gasteiger partial charge in [-0.3, -0.25) is 14.9 Å². The van der Waals surface area contributed by atoms with Crippen LogP contribution in [0.15, 0.2) is 42.5 Å². The minimum Gasteiger partial charge on any atom is -0.491 e. The summed E-state index contributed by atoms with van der Waals surface area (Å²) in [7, 11) is 2.72. The van der Waals surface area contributed by atoms with Crippen molar-refractivity contribution in [1.82, 2.24) is 4.90 Å². The summed E-state index contributed by atoms with van der Waals surface area (Å²) in [6.07, 6.45) is 0. The van der Waals surface area contributed by atoms with Gasteiger partial charge in [0.05, 0.1) is 24.1 Å². The predicted octanol–water partition coefficient (Wildman–Crippen LogP) is 2.84. The zero-order valence-corrected chi connectivity index (χ0v) is 15.3. The molecule has 0 saturated heterocycles. The number of ether oxygens (including phenoxy) is 2. The summed E-state index contributed by atoms with van der Waals surface area (Å²) >= 11 is 0. The Labute approximate surface area is 156 Å². The van der Waals surface area contributed by atoms with Crippen LogP contribution in [0.4, 0.5) is 5.69 Å². The van der Waals surface area contributed by atoms with E-state index in [2.05, 4.69) is 4.74 Å². The number of likely N-dealkylation sites (N-methyl/N-ethyl adjacent to an activating group) is 1. The summed E-state index contributed by atoms with van der Waals surface area (Å²) in [5.41, 5.74) is 0.598. The standard InChI is InChI=1S/C19H20N2O6/c1-13-6-4-5-7-17(13)27-9-8-20(2)18(22)14-10-15(19(23)26-3)12-16(11-14)21(24)25/h4-7,10-12H,8-9H2,1-3H3. The number of carbonyl (C=O) groups excluding carboxylic acids is 2. The van der Waals surface area contributed by atoms with Gasteiger partial charge in [0.1, 0.15) is 12.4 Å². The third-order valence-corrected chi connectivity index (χ3v) is 3.92. The Hall–Kier alpha value is -3.42. The van der Waals surface area contributed by atoms with Crippen LogP contribution in [-0.4, -0.2) is 49.0 Å². The molecule has 0 aromatic heterocycles. The molecule has 2 aromatic carbocycles. The summed E-state index contributed by atoms with van der Waals surface area (Å²) in [4.78, 5) is 36.1. The molecule has 0 saturated carbocycles. The van der Waals surface area contributed by atoms with E-state index in [1.807, 2.05) is 31.2 Å². The van der Waals surface area contributed by atoms with Crippen molar-refractivity contribution in [2.24, 2.45) is 0 Å². The topological polar surface area (TPSA) is 99.0 Å². The number of nitrogens with zero attached hydrogens (tertiary/aromatic N) is 2. The molecule has 8 nitrogen and oxygen atoms in total. The first kappa shape index (κ1) is 19.9. The van der Waals surface area contributed by atoms with E-state index in [1.54, 1.807) is 7.05 Å². The van der Waals surface area contributed by atoms with Crippen molar-refractivity contribution < 1.29 is 24.0 Å². The smallest absolute Gasteiger partial charge is 0.338 e. The highest BCUT2D eigenvalue weighted by molar-refractivity contribution is 5.98. The Bertz CT molecular complexity index is 865. The number of nitro benzene ring substituents is 1. The molecule has 0 radical (unpaired) electrons. The average molecular weight is 372 g/mol. The molecule has 0 aliphatic rings. The maximum Gasteiger partial charge on any atom is 0.338 e. The van der Waals surface area contributed by atoms with Gasteiger partial charge in [-0.25, -0.2) is 4.79 Å². The Morgan fingerprint density at radius 2 is 1.81 bits per heavy atom. The number of hydrogen-bond acceptors (Lipinski definition) is 6. The van der Waals surface area contributed by atoms with Crippen LogP contribution in [0.5, 0.6) is 5.75 Å². The monoisotopic (exact) mass is 372 g/mol. The number of aryl methyl sites for hydroxylation is 1. The number of carbonyl (C=O) groups is 2. The molecule has 0 atom stereocenters. The minimum absolute atomic E-state index is 0.0305. The number of hydrogen-bond donors (Lipinski definition) is 0. The molecule has 0 bridgehead atoms. The second-order valence-corrected chi connectivity index (χ2v) is 5.86. The van der Waals surface area contributed by atoms with Gasteiger partial charge in [0.2, 0.25) is 0 Å². The van der Waals surface area contributed by atoms with E-state index in [4.69, 9.17) is 4.74 Å². The molecule has 2 rings (SSSR count). The fourth-order valence-corrected chi connectivity index (χ4v) is 2.41. The maximum atomic E-state index is 12.6. The lowest BCUT2D eigenvalue weighted by molar-refractivity contribution is -0.384. The summed E-state index contributed by atoms with van der Waals surface area (Å²) in [6.45, 7) is 2.44. The molecule has 27 heavy (non-hydrogen) atoms. The lowest BCUT2D eigenvalue weighted by Crippen LogP contribution is -2.31. The molecule has 142 valence electrons. The number of esters is 1. The molecule has 0 spiro atoms. The number of nitro groups is 1. The lowest BCUT2D eigenvalue weighted by atomic mass is 10.1. The zero-order chi connectivity index (χ0) is 20.0. The van der Waals surface area contributed by atoms with Crippen LogP contribution in [0.25, 0.3) is 0 Å². The summed E-state index contributed by atoms with van der Waals surface area (Å²) in [6, 6.07) is 11.0. The molecule has 0 fully saturated rings. The van der Waals surface area contributed by atoms with E-state index in [9.17, 15) is 19.7 Å². The maximum absolute atomic E-state index is 12.6. The Morgan fingerprint density at radius 3 is 2.44 bits per heavy atom. The molecule has 8 heteroatoms. The molecule has 2 aromatic rings. The van der Waals surface area contributed by atoms with Crippen LogP contribution in [0.3, 0.4) is 0 Å². The third-order valence-electron chi connectivity index (χ3n) is 3.92. The van der Waals surface area contributed by atoms with Gasteiger partial charge in [-0.15, -0.1) is 0 Å². The van der Waals surface area contributed by atoms with Gasteiger partial charge >= 0.3 is 5.97 Å². The minimum atomic E-state index is -0.752. The van der Waals surface area contributed by atoms with E-state index in [-0.39, 0.29) is 30.0 Å². The summed E-state index contributed by atoms with van der Waals surface area (Å²) in [5.74, 6) is -0.489. The van der Waals surface area contributed by atoms with Crippen molar-refractivity contribution in [1.29, 1.82) is 0 Å². The molecule has 0 N–H and O–H groups in total. The number of methoxy groups -OCH3 is 1. The largest absolute Gasteiger partial charge is 0.491 e. The number of para-hydroxylation sites is 1. The van der Waals surface area contributed by atoms with Gasteiger partial charge in [-0.2, -0.15) is 0 Å². The van der Waals surface area contributed by atoms with Gasteiger partial charge in [0, 0.05) is 24.7 Å². The van der Waals surface area contributed by atoms with Crippen molar-refractivity contribution in [2.75, 3.05) is 27.3 Å². The molecule has 1 amide bonds. The number of rotatable bonds is 7. The Kier molecular flexibility index (Phi) is 6.48. The third kappa shape index (κ3) is 5.04. The summed E-state index contributed by atoms with van der Waals surface area (Å²) < 4.78 is 10.2. The first-order valence-electron chi connectivity index (χ1n) is 8.15. The quantitative estimate of drug-likeness (QED) is 0.421. The van der Waals surface area contributed by atoms with E-state index in [0.29, 0.717) is 0 Å². The van der Waals surface area contributed by atoms with E-state index in [1.165, 1.54) is 11.0 Å². The Morgan fingerprint density at radius 1 is 1.15 bits per heavy atom. The molecule has 0 unspecified atom stereocenters.